The van der Waals surface area contributed by atoms with E-state index in [9.17, 15) is 4.39 Å². The van der Waals surface area contributed by atoms with Gasteiger partial charge < -0.3 is 19.9 Å². The fourth-order valence-electron chi connectivity index (χ4n) is 2.90. The second kappa shape index (κ2) is 12.0. The highest BCUT2D eigenvalue weighted by molar-refractivity contribution is 14.0. The van der Waals surface area contributed by atoms with E-state index in [1.54, 1.807) is 6.07 Å². The lowest BCUT2D eigenvalue weighted by molar-refractivity contribution is 0.0389. The van der Waals surface area contributed by atoms with Crippen LogP contribution in [0, 0.1) is 12.7 Å². The molecule has 0 amide bonds. The van der Waals surface area contributed by atoms with Gasteiger partial charge in [0.1, 0.15) is 11.6 Å². The predicted octanol–water partition coefficient (Wildman–Crippen LogP) is 1.45. The number of halogens is 2. The Hall–Kier alpha value is -1.79. The van der Waals surface area contributed by atoms with Crippen LogP contribution in [0.2, 0.25) is 0 Å². The molecule has 10 heteroatoms. The van der Waals surface area contributed by atoms with Crippen molar-refractivity contribution in [3.05, 3.63) is 47.3 Å². The van der Waals surface area contributed by atoms with Gasteiger partial charge in [0.2, 0.25) is 0 Å². The number of guanidine groups is 1. The average Bonchev–Trinajstić information content (AvgIpc) is 3.02. The number of aryl methyl sites for hydroxylation is 1. The summed E-state index contributed by atoms with van der Waals surface area (Å²) in [5, 5.41) is 14.9. The lowest BCUT2D eigenvalue weighted by Gasteiger charge is -2.26. The fraction of sp³-hybridized carbons (Fsp3) is 0.526. The van der Waals surface area contributed by atoms with Gasteiger partial charge in [-0.1, -0.05) is 12.1 Å². The Balaban J connectivity index is 0.00000300. The molecule has 3 rings (SSSR count). The van der Waals surface area contributed by atoms with Crippen molar-refractivity contribution in [2.24, 2.45) is 12.0 Å². The summed E-state index contributed by atoms with van der Waals surface area (Å²) < 4.78 is 20.7. The zero-order valence-corrected chi connectivity index (χ0v) is 19.2. The third kappa shape index (κ3) is 7.52. The molecular formula is C19H29FIN7O. The monoisotopic (exact) mass is 517 g/mol. The number of ether oxygens (including phenoxy) is 1. The van der Waals surface area contributed by atoms with Crippen LogP contribution in [0.15, 0.2) is 29.3 Å². The molecule has 29 heavy (non-hydrogen) atoms. The Labute approximate surface area is 188 Å². The van der Waals surface area contributed by atoms with E-state index in [0.29, 0.717) is 19.0 Å². The summed E-state index contributed by atoms with van der Waals surface area (Å²) in [5.41, 5.74) is 0.823. The fourth-order valence-corrected chi connectivity index (χ4v) is 2.90. The van der Waals surface area contributed by atoms with Gasteiger partial charge in [-0.25, -0.2) is 9.38 Å². The SMILES string of the molecule is Cc1nnc(CNC(=NCc2cccc(F)c2)NCCN2CCOCC2)n1C.I. The molecule has 2 aromatic rings. The average molecular weight is 517 g/mol. The molecular weight excluding hydrogens is 488 g/mol. The largest absolute Gasteiger partial charge is 0.379 e. The quantitative estimate of drug-likeness (QED) is 0.329. The first-order valence-corrected chi connectivity index (χ1v) is 9.53. The molecule has 0 unspecified atom stereocenters. The molecule has 0 radical (unpaired) electrons. The van der Waals surface area contributed by atoms with Gasteiger partial charge in [0.05, 0.1) is 26.3 Å². The molecule has 1 saturated heterocycles. The number of aromatic nitrogens is 3. The number of benzene rings is 1. The summed E-state index contributed by atoms with van der Waals surface area (Å²) in [6.45, 7) is 7.93. The molecule has 1 aromatic carbocycles. The Kier molecular flexibility index (Phi) is 9.74. The third-order valence-electron chi connectivity index (χ3n) is 4.73. The number of hydrogen-bond acceptors (Lipinski definition) is 5. The van der Waals surface area contributed by atoms with Crippen molar-refractivity contribution in [1.82, 2.24) is 30.3 Å². The van der Waals surface area contributed by atoms with Crippen LogP contribution in [0.5, 0.6) is 0 Å². The van der Waals surface area contributed by atoms with Crippen LogP contribution in [0.25, 0.3) is 0 Å². The summed E-state index contributed by atoms with van der Waals surface area (Å²) >= 11 is 0. The van der Waals surface area contributed by atoms with Gasteiger partial charge in [-0.3, -0.25) is 4.90 Å². The van der Waals surface area contributed by atoms with Crippen molar-refractivity contribution in [1.29, 1.82) is 0 Å². The maximum Gasteiger partial charge on any atom is 0.192 e. The third-order valence-corrected chi connectivity index (χ3v) is 4.73. The minimum absolute atomic E-state index is 0. The van der Waals surface area contributed by atoms with Gasteiger partial charge in [-0.2, -0.15) is 0 Å². The highest BCUT2D eigenvalue weighted by Crippen LogP contribution is 2.05. The summed E-state index contributed by atoms with van der Waals surface area (Å²) in [4.78, 5) is 6.95. The van der Waals surface area contributed by atoms with Gasteiger partial charge in [0.25, 0.3) is 0 Å². The van der Waals surface area contributed by atoms with Crippen LogP contribution < -0.4 is 10.6 Å². The van der Waals surface area contributed by atoms with Gasteiger partial charge in [0.15, 0.2) is 11.8 Å². The molecule has 2 N–H and O–H groups in total. The zero-order valence-electron chi connectivity index (χ0n) is 16.9. The van der Waals surface area contributed by atoms with E-state index in [4.69, 9.17) is 4.74 Å². The van der Waals surface area contributed by atoms with Crippen LogP contribution in [-0.4, -0.2) is 65.0 Å². The summed E-state index contributed by atoms with van der Waals surface area (Å²) in [6.07, 6.45) is 0. The van der Waals surface area contributed by atoms with E-state index in [0.717, 1.165) is 56.6 Å². The standard InChI is InChI=1S/C19H28FN7O.HI/c1-15-24-25-18(26(15)2)14-23-19(21-6-7-27-8-10-28-11-9-27)22-13-16-4-3-5-17(20)12-16;/h3-5,12H,6-11,13-14H2,1-2H3,(H2,21,22,23);1H. The first kappa shape index (κ1) is 23.5. The number of nitrogens with zero attached hydrogens (tertiary/aromatic N) is 5. The molecule has 0 bridgehead atoms. The Morgan fingerprint density at radius 1 is 1.24 bits per heavy atom. The van der Waals surface area contributed by atoms with Gasteiger partial charge in [-0.15, -0.1) is 34.2 Å². The van der Waals surface area contributed by atoms with E-state index in [1.165, 1.54) is 12.1 Å². The van der Waals surface area contributed by atoms with E-state index >= 15 is 0 Å². The molecule has 8 nitrogen and oxygen atoms in total. The first-order valence-electron chi connectivity index (χ1n) is 9.53. The van der Waals surface area contributed by atoms with E-state index in [-0.39, 0.29) is 29.8 Å². The Morgan fingerprint density at radius 3 is 2.72 bits per heavy atom. The summed E-state index contributed by atoms with van der Waals surface area (Å²) in [6, 6.07) is 6.50. The number of nitrogens with one attached hydrogen (secondary N) is 2. The molecule has 1 aromatic heterocycles. The Morgan fingerprint density at radius 2 is 2.03 bits per heavy atom. The molecule has 1 fully saturated rings. The number of aliphatic imine (C=N–C) groups is 1. The van der Waals surface area contributed by atoms with Crippen molar-refractivity contribution in [3.8, 4) is 0 Å². The maximum atomic E-state index is 13.4. The van der Waals surface area contributed by atoms with Crippen LogP contribution >= 0.6 is 24.0 Å². The van der Waals surface area contributed by atoms with Crippen molar-refractivity contribution in [2.75, 3.05) is 39.4 Å². The normalized spacial score (nSPS) is 15.1. The first-order chi connectivity index (χ1) is 13.6. The molecule has 0 spiro atoms. The summed E-state index contributed by atoms with van der Waals surface area (Å²) in [5.74, 6) is 2.09. The van der Waals surface area contributed by atoms with Crippen LogP contribution in [0.1, 0.15) is 17.2 Å². The van der Waals surface area contributed by atoms with Crippen molar-refractivity contribution >= 4 is 29.9 Å². The second-order valence-corrected chi connectivity index (χ2v) is 6.75. The molecule has 2 heterocycles. The van der Waals surface area contributed by atoms with E-state index < -0.39 is 0 Å². The van der Waals surface area contributed by atoms with Crippen molar-refractivity contribution in [2.45, 2.75) is 20.0 Å². The lowest BCUT2D eigenvalue weighted by Crippen LogP contribution is -2.44. The van der Waals surface area contributed by atoms with Gasteiger partial charge >= 0.3 is 0 Å². The Bertz CT molecular complexity index is 793. The van der Waals surface area contributed by atoms with Crippen molar-refractivity contribution in [3.63, 3.8) is 0 Å². The summed E-state index contributed by atoms with van der Waals surface area (Å²) in [7, 11) is 1.93. The van der Waals surface area contributed by atoms with Crippen LogP contribution in [0.4, 0.5) is 4.39 Å². The van der Waals surface area contributed by atoms with E-state index in [2.05, 4.69) is 30.7 Å². The van der Waals surface area contributed by atoms with Gasteiger partial charge in [0, 0.05) is 33.2 Å². The van der Waals surface area contributed by atoms with Crippen LogP contribution in [0.3, 0.4) is 0 Å². The van der Waals surface area contributed by atoms with Crippen molar-refractivity contribution < 1.29 is 9.13 Å². The minimum atomic E-state index is -0.253. The molecule has 160 valence electrons. The number of hydrogen-bond donors (Lipinski definition) is 2. The molecule has 1 aliphatic rings. The molecule has 0 aliphatic carbocycles. The zero-order chi connectivity index (χ0) is 19.8. The molecule has 0 atom stereocenters. The highest BCUT2D eigenvalue weighted by atomic mass is 127. The van der Waals surface area contributed by atoms with Gasteiger partial charge in [-0.05, 0) is 24.6 Å². The number of morpholine rings is 1. The number of rotatable bonds is 7. The topological polar surface area (TPSA) is 79.6 Å². The minimum Gasteiger partial charge on any atom is -0.379 e. The maximum absolute atomic E-state index is 13.4. The predicted molar refractivity (Wildman–Crippen MR) is 121 cm³/mol. The van der Waals surface area contributed by atoms with Crippen LogP contribution in [-0.2, 0) is 24.9 Å². The molecule has 0 saturated carbocycles. The second-order valence-electron chi connectivity index (χ2n) is 6.75. The highest BCUT2D eigenvalue weighted by Gasteiger charge is 2.10. The van der Waals surface area contributed by atoms with E-state index in [1.807, 2.05) is 24.6 Å². The molecule has 1 aliphatic heterocycles. The smallest absolute Gasteiger partial charge is 0.192 e. The lowest BCUT2D eigenvalue weighted by atomic mass is 10.2.